The Hall–Kier alpha value is -0.820. The SMILES string of the molecule is CN=C(NCC(C)(C)CN(C)C)NCC(C)(C)c1ccccc1.I. The molecule has 0 aliphatic carbocycles. The molecule has 0 aliphatic rings. The summed E-state index contributed by atoms with van der Waals surface area (Å²) in [6, 6.07) is 10.6. The highest BCUT2D eigenvalue weighted by Gasteiger charge is 2.22. The van der Waals surface area contributed by atoms with Crippen molar-refractivity contribution in [2.75, 3.05) is 40.8 Å². The van der Waals surface area contributed by atoms with E-state index in [0.29, 0.717) is 0 Å². The molecule has 1 rings (SSSR count). The van der Waals surface area contributed by atoms with Gasteiger partial charge in [0.2, 0.25) is 0 Å². The molecule has 0 radical (unpaired) electrons. The van der Waals surface area contributed by atoms with Gasteiger partial charge in [0, 0.05) is 32.1 Å². The lowest BCUT2D eigenvalue weighted by molar-refractivity contribution is 0.241. The second-order valence-corrected chi connectivity index (χ2v) is 7.93. The third-order valence-electron chi connectivity index (χ3n) is 3.96. The molecule has 2 N–H and O–H groups in total. The summed E-state index contributed by atoms with van der Waals surface area (Å²) in [5.41, 5.74) is 1.57. The van der Waals surface area contributed by atoms with Crippen LogP contribution in [0.25, 0.3) is 0 Å². The second kappa shape index (κ2) is 10.2. The van der Waals surface area contributed by atoms with Gasteiger partial charge in [-0.15, -0.1) is 24.0 Å². The number of nitrogens with one attached hydrogen (secondary N) is 2. The molecule has 0 aliphatic heterocycles. The van der Waals surface area contributed by atoms with Crippen molar-refractivity contribution in [2.24, 2.45) is 10.4 Å². The van der Waals surface area contributed by atoms with Gasteiger partial charge in [0.25, 0.3) is 0 Å². The monoisotopic (exact) mass is 446 g/mol. The van der Waals surface area contributed by atoms with Crippen LogP contribution in [0.5, 0.6) is 0 Å². The predicted octanol–water partition coefficient (Wildman–Crippen LogP) is 3.34. The summed E-state index contributed by atoms with van der Waals surface area (Å²) in [6.07, 6.45) is 0. The molecule has 0 fully saturated rings. The first-order valence-corrected chi connectivity index (χ1v) is 8.31. The van der Waals surface area contributed by atoms with Gasteiger partial charge in [-0.25, -0.2) is 0 Å². The third-order valence-corrected chi connectivity index (χ3v) is 3.96. The molecular formula is C19H35IN4. The van der Waals surface area contributed by atoms with E-state index in [1.807, 2.05) is 7.05 Å². The van der Waals surface area contributed by atoms with Crippen LogP contribution in [0.15, 0.2) is 35.3 Å². The normalized spacial score (nSPS) is 12.8. The van der Waals surface area contributed by atoms with Gasteiger partial charge >= 0.3 is 0 Å². The summed E-state index contributed by atoms with van der Waals surface area (Å²) in [5.74, 6) is 0.862. The second-order valence-electron chi connectivity index (χ2n) is 7.93. The van der Waals surface area contributed by atoms with Crippen LogP contribution in [0.3, 0.4) is 0 Å². The number of aliphatic imine (C=N–C) groups is 1. The third kappa shape index (κ3) is 8.33. The van der Waals surface area contributed by atoms with Gasteiger partial charge in [-0.2, -0.15) is 0 Å². The molecule has 5 heteroatoms. The van der Waals surface area contributed by atoms with Crippen molar-refractivity contribution in [1.82, 2.24) is 15.5 Å². The molecule has 24 heavy (non-hydrogen) atoms. The maximum Gasteiger partial charge on any atom is 0.191 e. The number of halogens is 1. The van der Waals surface area contributed by atoms with Crippen molar-refractivity contribution >= 4 is 29.9 Å². The Bertz CT molecular complexity index is 495. The van der Waals surface area contributed by atoms with Gasteiger partial charge < -0.3 is 15.5 Å². The number of hydrogen-bond acceptors (Lipinski definition) is 2. The van der Waals surface area contributed by atoms with Crippen LogP contribution in [0.4, 0.5) is 0 Å². The Kier molecular flexibility index (Phi) is 9.88. The van der Waals surface area contributed by atoms with Crippen LogP contribution in [0.2, 0.25) is 0 Å². The van der Waals surface area contributed by atoms with E-state index in [1.165, 1.54) is 5.56 Å². The molecule has 0 aromatic heterocycles. The maximum absolute atomic E-state index is 4.35. The van der Waals surface area contributed by atoms with E-state index in [4.69, 9.17) is 0 Å². The lowest BCUT2D eigenvalue weighted by atomic mass is 9.85. The molecule has 1 aromatic carbocycles. The molecule has 0 spiro atoms. The lowest BCUT2D eigenvalue weighted by Gasteiger charge is -2.30. The molecular weight excluding hydrogens is 411 g/mol. The van der Waals surface area contributed by atoms with Gasteiger partial charge in [0.1, 0.15) is 0 Å². The molecule has 1 aromatic rings. The molecule has 0 saturated carbocycles. The smallest absolute Gasteiger partial charge is 0.191 e. The van der Waals surface area contributed by atoms with Crippen LogP contribution in [-0.2, 0) is 5.41 Å². The molecule has 0 heterocycles. The van der Waals surface area contributed by atoms with Crippen molar-refractivity contribution in [3.05, 3.63) is 35.9 Å². The Morgan fingerprint density at radius 1 is 1.00 bits per heavy atom. The van der Waals surface area contributed by atoms with Crippen LogP contribution in [0.1, 0.15) is 33.3 Å². The van der Waals surface area contributed by atoms with Crippen molar-refractivity contribution in [3.8, 4) is 0 Å². The van der Waals surface area contributed by atoms with Gasteiger partial charge in [-0.05, 0) is 25.1 Å². The highest BCUT2D eigenvalue weighted by atomic mass is 127. The number of guanidine groups is 1. The highest BCUT2D eigenvalue weighted by Crippen LogP contribution is 2.21. The van der Waals surface area contributed by atoms with E-state index in [9.17, 15) is 0 Å². The Morgan fingerprint density at radius 3 is 2.04 bits per heavy atom. The Morgan fingerprint density at radius 2 is 1.54 bits per heavy atom. The molecule has 0 saturated heterocycles. The fourth-order valence-electron chi connectivity index (χ4n) is 2.75. The van der Waals surface area contributed by atoms with E-state index in [-0.39, 0.29) is 34.8 Å². The first-order chi connectivity index (χ1) is 10.7. The minimum Gasteiger partial charge on any atom is -0.356 e. The summed E-state index contributed by atoms with van der Waals surface area (Å²) in [4.78, 5) is 6.57. The Labute approximate surface area is 165 Å². The fraction of sp³-hybridized carbons (Fsp3) is 0.632. The van der Waals surface area contributed by atoms with Crippen molar-refractivity contribution < 1.29 is 0 Å². The lowest BCUT2D eigenvalue weighted by Crippen LogP contribution is -2.47. The van der Waals surface area contributed by atoms with Gasteiger partial charge in [-0.3, -0.25) is 4.99 Å². The number of benzene rings is 1. The molecule has 0 amide bonds. The summed E-state index contributed by atoms with van der Waals surface area (Å²) >= 11 is 0. The van der Waals surface area contributed by atoms with Crippen LogP contribution in [0, 0.1) is 5.41 Å². The van der Waals surface area contributed by atoms with Crippen molar-refractivity contribution in [2.45, 2.75) is 33.1 Å². The maximum atomic E-state index is 4.35. The van der Waals surface area contributed by atoms with Crippen molar-refractivity contribution in [1.29, 1.82) is 0 Å². The average Bonchev–Trinajstić information content (AvgIpc) is 2.47. The topological polar surface area (TPSA) is 39.7 Å². The van der Waals surface area contributed by atoms with Crippen LogP contribution >= 0.6 is 24.0 Å². The van der Waals surface area contributed by atoms with Crippen molar-refractivity contribution in [3.63, 3.8) is 0 Å². The van der Waals surface area contributed by atoms with E-state index in [1.54, 1.807) is 0 Å². The van der Waals surface area contributed by atoms with E-state index < -0.39 is 0 Å². The first-order valence-electron chi connectivity index (χ1n) is 8.31. The zero-order valence-corrected chi connectivity index (χ0v) is 18.6. The molecule has 0 bridgehead atoms. The summed E-state index contributed by atoms with van der Waals surface area (Å²) in [5, 5.41) is 6.91. The standard InChI is InChI=1S/C19H34N4.HI/c1-18(2,15-23(6)7)13-21-17(20-5)22-14-19(3,4)16-11-9-8-10-12-16;/h8-12H,13-15H2,1-7H3,(H2,20,21,22);1H. The van der Waals surface area contributed by atoms with Gasteiger partial charge in [0.05, 0.1) is 0 Å². The summed E-state index contributed by atoms with van der Waals surface area (Å²) in [6.45, 7) is 11.8. The summed E-state index contributed by atoms with van der Waals surface area (Å²) in [7, 11) is 6.04. The summed E-state index contributed by atoms with van der Waals surface area (Å²) < 4.78 is 0. The predicted molar refractivity (Wildman–Crippen MR) is 117 cm³/mol. The molecule has 4 nitrogen and oxygen atoms in total. The highest BCUT2D eigenvalue weighted by molar-refractivity contribution is 14.0. The van der Waals surface area contributed by atoms with E-state index in [2.05, 4.69) is 92.6 Å². The quantitative estimate of drug-likeness (QED) is 0.384. The number of hydrogen-bond donors (Lipinski definition) is 2. The number of nitrogens with zero attached hydrogens (tertiary/aromatic N) is 2. The largest absolute Gasteiger partial charge is 0.356 e. The first kappa shape index (κ1) is 23.2. The van der Waals surface area contributed by atoms with Crippen LogP contribution in [-0.4, -0.2) is 51.6 Å². The minimum absolute atomic E-state index is 0. The number of rotatable bonds is 7. The molecule has 0 atom stereocenters. The van der Waals surface area contributed by atoms with Gasteiger partial charge in [0.15, 0.2) is 5.96 Å². The Balaban J connectivity index is 0.00000529. The average molecular weight is 446 g/mol. The zero-order valence-electron chi connectivity index (χ0n) is 16.3. The molecule has 138 valence electrons. The van der Waals surface area contributed by atoms with E-state index in [0.717, 1.165) is 25.6 Å². The minimum atomic E-state index is 0. The van der Waals surface area contributed by atoms with Gasteiger partial charge in [-0.1, -0.05) is 58.0 Å². The van der Waals surface area contributed by atoms with Crippen LogP contribution < -0.4 is 10.6 Å². The molecule has 0 unspecified atom stereocenters. The zero-order chi connectivity index (χ0) is 17.5. The van der Waals surface area contributed by atoms with E-state index >= 15 is 0 Å². The fourth-order valence-corrected chi connectivity index (χ4v) is 2.75.